The van der Waals surface area contributed by atoms with E-state index in [0.717, 1.165) is 52.0 Å². The summed E-state index contributed by atoms with van der Waals surface area (Å²) in [4.78, 5) is 4.68. The van der Waals surface area contributed by atoms with Crippen molar-refractivity contribution < 1.29 is 8.79 Å². The molecule has 0 saturated heterocycles. The first-order chi connectivity index (χ1) is 16.0. The van der Waals surface area contributed by atoms with E-state index in [1.165, 1.54) is 30.5 Å². The summed E-state index contributed by atoms with van der Waals surface area (Å²) in [5, 5.41) is 5.82. The Labute approximate surface area is 191 Å². The number of aryl methyl sites for hydroxylation is 1. The zero-order valence-corrected chi connectivity index (χ0v) is 18.5. The Kier molecular flexibility index (Phi) is 4.52. The van der Waals surface area contributed by atoms with Crippen LogP contribution in [0.3, 0.4) is 0 Å². The van der Waals surface area contributed by atoms with Crippen LogP contribution in [0.1, 0.15) is 37.1 Å². The fraction of sp³-hybridized carbons (Fsp3) is 0.222. The van der Waals surface area contributed by atoms with Gasteiger partial charge < -0.3 is 5.73 Å². The molecule has 5 nitrogen and oxygen atoms in total. The number of aromatic nitrogens is 4. The van der Waals surface area contributed by atoms with E-state index in [0.29, 0.717) is 0 Å². The average molecular weight is 439 g/mol. The van der Waals surface area contributed by atoms with Crippen LogP contribution in [-0.4, -0.2) is 14.8 Å². The lowest BCUT2D eigenvalue weighted by molar-refractivity contribution is -0.519. The van der Waals surface area contributed by atoms with E-state index in [-0.39, 0.29) is 11.4 Å². The van der Waals surface area contributed by atoms with Gasteiger partial charge in [-0.2, -0.15) is 0 Å². The van der Waals surface area contributed by atoms with Crippen LogP contribution in [0.5, 0.6) is 0 Å². The van der Waals surface area contributed by atoms with Gasteiger partial charge in [0, 0.05) is 29.3 Å². The molecule has 0 amide bonds. The van der Waals surface area contributed by atoms with Crippen molar-refractivity contribution in [3.63, 3.8) is 0 Å². The van der Waals surface area contributed by atoms with Gasteiger partial charge in [-0.05, 0) is 60.4 Å². The summed E-state index contributed by atoms with van der Waals surface area (Å²) in [7, 11) is 0. The van der Waals surface area contributed by atoms with Crippen molar-refractivity contribution in [2.24, 2.45) is 5.73 Å². The Morgan fingerprint density at radius 3 is 2.42 bits per heavy atom. The maximum atomic E-state index is 13.4. The Bertz CT molecular complexity index is 1480. The molecule has 33 heavy (non-hydrogen) atoms. The van der Waals surface area contributed by atoms with Crippen LogP contribution in [0, 0.1) is 12.7 Å². The van der Waals surface area contributed by atoms with Crippen molar-refractivity contribution in [2.75, 3.05) is 0 Å². The highest BCUT2D eigenvalue weighted by atomic mass is 19.1. The van der Waals surface area contributed by atoms with Crippen LogP contribution in [0.25, 0.3) is 33.4 Å². The first-order valence-corrected chi connectivity index (χ1v) is 11.4. The van der Waals surface area contributed by atoms with Crippen molar-refractivity contribution in [1.82, 2.24) is 14.8 Å². The van der Waals surface area contributed by atoms with Crippen LogP contribution in [0.4, 0.5) is 4.39 Å². The topological polar surface area (TPSA) is 60.8 Å². The van der Waals surface area contributed by atoms with E-state index >= 15 is 0 Å². The van der Waals surface area contributed by atoms with Gasteiger partial charge >= 0.3 is 0 Å². The van der Waals surface area contributed by atoms with Crippen molar-refractivity contribution in [1.29, 1.82) is 0 Å². The highest BCUT2D eigenvalue weighted by Crippen LogP contribution is 2.36. The molecule has 1 aliphatic carbocycles. The fourth-order valence-electron chi connectivity index (χ4n) is 5.06. The third-order valence-electron chi connectivity index (χ3n) is 6.92. The van der Waals surface area contributed by atoms with Gasteiger partial charge in [-0.1, -0.05) is 41.8 Å². The number of rotatable bonds is 3. The van der Waals surface area contributed by atoms with Crippen molar-refractivity contribution in [2.45, 2.75) is 38.1 Å². The monoisotopic (exact) mass is 438 g/mol. The highest BCUT2D eigenvalue weighted by Gasteiger charge is 2.31. The van der Waals surface area contributed by atoms with Gasteiger partial charge in [-0.15, -0.1) is 0 Å². The molecule has 1 fully saturated rings. The Morgan fingerprint density at radius 1 is 0.970 bits per heavy atom. The number of nitrogens with zero attached hydrogens (tertiary/aromatic N) is 4. The molecule has 3 aromatic heterocycles. The highest BCUT2D eigenvalue weighted by molar-refractivity contribution is 5.92. The van der Waals surface area contributed by atoms with Gasteiger partial charge in [0.05, 0.1) is 17.1 Å². The molecule has 3 heterocycles. The SMILES string of the molecule is Cc1nn(-c2ccc(C3(N)CCCC3)cc2)c2c3cc(-c4ccc(F)cc4)cnc3cc[n+]12. The molecular weight excluding hydrogens is 413 g/mol. The van der Waals surface area contributed by atoms with E-state index in [2.05, 4.69) is 39.7 Å². The minimum absolute atomic E-state index is 0.212. The number of hydrogen-bond acceptors (Lipinski definition) is 3. The van der Waals surface area contributed by atoms with Crippen LogP contribution in [-0.2, 0) is 5.54 Å². The van der Waals surface area contributed by atoms with Crippen LogP contribution < -0.4 is 10.1 Å². The van der Waals surface area contributed by atoms with E-state index in [1.54, 1.807) is 12.1 Å². The number of nitrogens with two attached hydrogens (primary N) is 1. The van der Waals surface area contributed by atoms with E-state index in [9.17, 15) is 4.39 Å². The molecule has 164 valence electrons. The van der Waals surface area contributed by atoms with Crippen LogP contribution in [0.15, 0.2) is 73.1 Å². The van der Waals surface area contributed by atoms with Gasteiger partial charge in [0.15, 0.2) is 0 Å². The molecule has 0 atom stereocenters. The minimum atomic E-state index is -0.251. The predicted octanol–water partition coefficient (Wildman–Crippen LogP) is 5.00. The van der Waals surface area contributed by atoms with E-state index in [1.807, 2.05) is 30.1 Å². The molecule has 6 heteroatoms. The largest absolute Gasteiger partial charge is 0.321 e. The first-order valence-electron chi connectivity index (χ1n) is 11.4. The normalized spacial score (nSPS) is 15.5. The van der Waals surface area contributed by atoms with E-state index in [4.69, 9.17) is 10.8 Å². The van der Waals surface area contributed by atoms with Crippen LogP contribution in [0.2, 0.25) is 0 Å². The second-order valence-corrected chi connectivity index (χ2v) is 9.04. The molecule has 6 rings (SSSR count). The zero-order valence-electron chi connectivity index (χ0n) is 18.5. The number of halogens is 1. The molecule has 1 aliphatic rings. The zero-order chi connectivity index (χ0) is 22.6. The maximum absolute atomic E-state index is 13.4. The predicted molar refractivity (Wildman–Crippen MR) is 126 cm³/mol. The van der Waals surface area contributed by atoms with E-state index < -0.39 is 0 Å². The standard InChI is InChI=1S/C27H25FN5/c1-18-31-33(23-10-6-21(7-11-23)27(29)13-2-3-14-27)26-24-16-20(19-4-8-22(28)9-5-19)17-30-25(24)12-15-32(18)26/h4-12,15-17H,2-3,13-14,29H2,1H3/q+1. The molecule has 0 radical (unpaired) electrons. The summed E-state index contributed by atoms with van der Waals surface area (Å²) < 4.78 is 17.5. The van der Waals surface area contributed by atoms with Gasteiger partial charge in [0.1, 0.15) is 11.5 Å². The second-order valence-electron chi connectivity index (χ2n) is 9.04. The minimum Gasteiger partial charge on any atom is -0.321 e. The molecule has 0 spiro atoms. The van der Waals surface area contributed by atoms with Crippen LogP contribution >= 0.6 is 0 Å². The Hall–Kier alpha value is -3.64. The number of hydrogen-bond donors (Lipinski definition) is 1. The molecule has 0 unspecified atom stereocenters. The molecule has 1 saturated carbocycles. The van der Waals surface area contributed by atoms with Crippen molar-refractivity contribution in [3.05, 3.63) is 90.3 Å². The van der Waals surface area contributed by atoms with Gasteiger partial charge in [0.2, 0.25) is 0 Å². The van der Waals surface area contributed by atoms with Gasteiger partial charge in [-0.25, -0.2) is 8.79 Å². The molecule has 2 N–H and O–H groups in total. The summed E-state index contributed by atoms with van der Waals surface area (Å²) >= 11 is 0. The smallest absolute Gasteiger partial charge is 0.280 e. The van der Waals surface area contributed by atoms with Gasteiger partial charge in [-0.3, -0.25) is 4.98 Å². The summed E-state index contributed by atoms with van der Waals surface area (Å²) in [5.74, 6) is 0.633. The summed E-state index contributed by atoms with van der Waals surface area (Å²) in [5.41, 5.74) is 12.3. The Morgan fingerprint density at radius 2 is 1.70 bits per heavy atom. The third kappa shape index (κ3) is 3.29. The lowest BCUT2D eigenvalue weighted by Gasteiger charge is -2.24. The first kappa shape index (κ1) is 20.0. The fourth-order valence-corrected chi connectivity index (χ4v) is 5.06. The Balaban J connectivity index is 1.52. The summed E-state index contributed by atoms with van der Waals surface area (Å²) in [6.45, 7) is 1.99. The van der Waals surface area contributed by atoms with Crippen molar-refractivity contribution >= 4 is 16.6 Å². The molecular formula is C27H25FN5+. The number of fused-ring (bicyclic) bond motifs is 3. The number of pyridine rings is 2. The molecule has 5 aromatic rings. The number of benzene rings is 2. The second kappa shape index (κ2) is 7.46. The lowest BCUT2D eigenvalue weighted by atomic mass is 9.89. The van der Waals surface area contributed by atoms with Crippen molar-refractivity contribution in [3.8, 4) is 16.8 Å². The lowest BCUT2D eigenvalue weighted by Crippen LogP contribution is -2.32. The summed E-state index contributed by atoms with van der Waals surface area (Å²) in [6, 6.07) is 19.1. The molecule has 0 aliphatic heterocycles. The summed E-state index contributed by atoms with van der Waals surface area (Å²) in [6.07, 6.45) is 8.28. The maximum Gasteiger partial charge on any atom is 0.280 e. The average Bonchev–Trinajstić information content (AvgIpc) is 3.44. The molecule has 2 aromatic carbocycles. The van der Waals surface area contributed by atoms with Gasteiger partial charge in [0.25, 0.3) is 11.5 Å². The third-order valence-corrected chi connectivity index (χ3v) is 6.92. The quantitative estimate of drug-likeness (QED) is 0.403. The molecule has 0 bridgehead atoms.